The van der Waals surface area contributed by atoms with Crippen LogP contribution in [0.1, 0.15) is 13.8 Å². The first-order valence-electron chi connectivity index (χ1n) is 8.00. The van der Waals surface area contributed by atoms with Crippen molar-refractivity contribution >= 4 is 39.1 Å². The monoisotopic (exact) mass is 402 g/mol. The van der Waals surface area contributed by atoms with Crippen molar-refractivity contribution in [2.75, 3.05) is 4.90 Å². The number of carbonyl (C=O) groups is 2. The van der Waals surface area contributed by atoms with E-state index in [2.05, 4.69) is 15.9 Å². The van der Waals surface area contributed by atoms with Crippen molar-refractivity contribution in [3.63, 3.8) is 0 Å². The van der Waals surface area contributed by atoms with Gasteiger partial charge < -0.3 is 0 Å². The molecule has 2 bridgehead atoms. The van der Waals surface area contributed by atoms with Gasteiger partial charge in [-0.3, -0.25) is 19.7 Å². The molecule has 0 radical (unpaired) electrons. The van der Waals surface area contributed by atoms with Crippen molar-refractivity contribution in [3.8, 4) is 0 Å². The van der Waals surface area contributed by atoms with Crippen LogP contribution in [0.4, 0.5) is 11.4 Å². The molecule has 0 N–H and O–H groups in total. The summed E-state index contributed by atoms with van der Waals surface area (Å²) in [6.45, 7) is 3.99. The van der Waals surface area contributed by atoms with Gasteiger partial charge in [-0.1, -0.05) is 39.2 Å². The van der Waals surface area contributed by atoms with Crippen LogP contribution >= 0.6 is 15.9 Å². The molecule has 1 aliphatic heterocycles. The third kappa shape index (κ3) is 2.08. The first kappa shape index (κ1) is 16.2. The van der Waals surface area contributed by atoms with Crippen LogP contribution in [0.25, 0.3) is 0 Å². The summed E-state index contributed by atoms with van der Waals surface area (Å²) in [6, 6.07) is 4.37. The molecule has 6 nitrogen and oxygen atoms in total. The molecule has 0 spiro atoms. The number of carbonyl (C=O) groups excluding carboxylic acids is 2. The van der Waals surface area contributed by atoms with Gasteiger partial charge in [0.25, 0.3) is 5.69 Å². The summed E-state index contributed by atoms with van der Waals surface area (Å²) >= 11 is 3.20. The zero-order valence-corrected chi connectivity index (χ0v) is 15.2. The van der Waals surface area contributed by atoms with Gasteiger partial charge in [-0.25, -0.2) is 4.90 Å². The number of anilines is 1. The largest absolute Gasteiger partial charge is 0.294 e. The number of hydrogen-bond acceptors (Lipinski definition) is 4. The number of nitrogens with zero attached hydrogens (tertiary/aromatic N) is 2. The quantitative estimate of drug-likeness (QED) is 0.327. The van der Waals surface area contributed by atoms with Crippen LogP contribution in [0, 0.1) is 33.8 Å². The maximum Gasteiger partial charge on any atom is 0.294 e. The molecule has 1 saturated carbocycles. The molecule has 2 fully saturated rings. The maximum atomic E-state index is 13.0. The molecule has 128 valence electrons. The summed E-state index contributed by atoms with van der Waals surface area (Å²) in [5, 5.41) is 11.4. The highest BCUT2D eigenvalue weighted by molar-refractivity contribution is 9.10. The number of nitro benzene ring substituents is 1. The molecule has 2 amide bonds. The predicted octanol–water partition coefficient (Wildman–Crippen LogP) is 3.62. The van der Waals surface area contributed by atoms with Gasteiger partial charge in [-0.2, -0.15) is 0 Å². The van der Waals surface area contributed by atoms with Crippen LogP contribution in [0.3, 0.4) is 0 Å². The van der Waals surface area contributed by atoms with E-state index in [-0.39, 0.29) is 35.0 Å². The van der Waals surface area contributed by atoms with Crippen molar-refractivity contribution in [1.82, 2.24) is 0 Å². The van der Waals surface area contributed by atoms with Crippen LogP contribution in [0.5, 0.6) is 0 Å². The number of benzene rings is 1. The predicted molar refractivity (Wildman–Crippen MR) is 94.8 cm³/mol. The molecule has 0 unspecified atom stereocenters. The third-order valence-electron chi connectivity index (χ3n) is 5.37. The SMILES string of the molecule is CC(C)=C1[C@H]2C=C[C@H]1[C@H]1C(=O)N(c3ccc(Br)cc3[N+](=O)[O-])C(=O)[C@@H]12. The van der Waals surface area contributed by atoms with Gasteiger partial charge in [0.05, 0.1) is 16.8 Å². The minimum Gasteiger partial charge on any atom is -0.274 e. The molecule has 4 rings (SSSR count). The van der Waals surface area contributed by atoms with Gasteiger partial charge >= 0.3 is 0 Å². The lowest BCUT2D eigenvalue weighted by molar-refractivity contribution is -0.384. The van der Waals surface area contributed by atoms with Crippen molar-refractivity contribution in [1.29, 1.82) is 0 Å². The van der Waals surface area contributed by atoms with Crippen LogP contribution in [-0.2, 0) is 9.59 Å². The third-order valence-corrected chi connectivity index (χ3v) is 5.86. The van der Waals surface area contributed by atoms with E-state index in [0.717, 1.165) is 16.0 Å². The van der Waals surface area contributed by atoms with Gasteiger partial charge in [0.1, 0.15) is 5.69 Å². The summed E-state index contributed by atoms with van der Waals surface area (Å²) in [7, 11) is 0. The highest BCUT2D eigenvalue weighted by Crippen LogP contribution is 2.57. The Bertz CT molecular complexity index is 866. The fraction of sp³-hybridized carbons (Fsp3) is 0.333. The molecular weight excluding hydrogens is 388 g/mol. The smallest absolute Gasteiger partial charge is 0.274 e. The lowest BCUT2D eigenvalue weighted by Crippen LogP contribution is -2.33. The van der Waals surface area contributed by atoms with Crippen LogP contribution in [0.2, 0.25) is 0 Å². The van der Waals surface area contributed by atoms with Gasteiger partial charge in [-0.15, -0.1) is 0 Å². The molecule has 7 heteroatoms. The van der Waals surface area contributed by atoms with Crippen LogP contribution < -0.4 is 4.90 Å². The van der Waals surface area contributed by atoms with E-state index in [9.17, 15) is 19.7 Å². The lowest BCUT2D eigenvalue weighted by atomic mass is 9.85. The van der Waals surface area contributed by atoms with E-state index in [0.29, 0.717) is 4.47 Å². The molecule has 2 aliphatic carbocycles. The summed E-state index contributed by atoms with van der Waals surface area (Å²) in [4.78, 5) is 37.9. The summed E-state index contributed by atoms with van der Waals surface area (Å²) in [6.07, 6.45) is 4.00. The van der Waals surface area contributed by atoms with Crippen molar-refractivity contribution in [3.05, 3.63) is 56.1 Å². The minimum absolute atomic E-state index is 0.0516. The molecule has 0 aromatic heterocycles. The highest BCUT2D eigenvalue weighted by atomic mass is 79.9. The minimum atomic E-state index is -0.566. The molecule has 1 saturated heterocycles. The van der Waals surface area contributed by atoms with E-state index in [4.69, 9.17) is 0 Å². The number of allylic oxidation sites excluding steroid dienone is 4. The fourth-order valence-electron chi connectivity index (χ4n) is 4.50. The molecule has 3 aliphatic rings. The molecule has 1 aromatic carbocycles. The van der Waals surface area contributed by atoms with Gasteiger partial charge in [0.2, 0.25) is 11.8 Å². The van der Waals surface area contributed by atoms with Crippen molar-refractivity contribution in [2.45, 2.75) is 13.8 Å². The van der Waals surface area contributed by atoms with Gasteiger partial charge in [-0.05, 0) is 26.0 Å². The second-order valence-corrected chi connectivity index (χ2v) is 7.76. The van der Waals surface area contributed by atoms with E-state index in [1.54, 1.807) is 6.07 Å². The zero-order chi connectivity index (χ0) is 18.0. The van der Waals surface area contributed by atoms with E-state index >= 15 is 0 Å². The number of imide groups is 1. The number of fused-ring (bicyclic) bond motifs is 5. The van der Waals surface area contributed by atoms with E-state index in [1.807, 2.05) is 26.0 Å². The first-order valence-corrected chi connectivity index (χ1v) is 8.79. The maximum absolute atomic E-state index is 13.0. The van der Waals surface area contributed by atoms with Gasteiger partial charge in [0.15, 0.2) is 0 Å². The first-order chi connectivity index (χ1) is 11.8. The molecule has 4 atom stereocenters. The Hall–Kier alpha value is -2.28. The van der Waals surface area contributed by atoms with Crippen LogP contribution in [-0.4, -0.2) is 16.7 Å². The molecule has 1 aromatic rings. The Kier molecular flexibility index (Phi) is 3.47. The molecular formula is C18H15BrN2O4. The summed E-state index contributed by atoms with van der Waals surface area (Å²) in [5.41, 5.74) is 2.09. The number of nitro groups is 1. The number of halogens is 1. The lowest BCUT2D eigenvalue weighted by Gasteiger charge is -2.19. The summed E-state index contributed by atoms with van der Waals surface area (Å²) < 4.78 is 0.524. The average molecular weight is 403 g/mol. The second kappa shape index (κ2) is 5.36. The van der Waals surface area contributed by atoms with Crippen molar-refractivity contribution in [2.24, 2.45) is 23.7 Å². The summed E-state index contributed by atoms with van der Waals surface area (Å²) in [5.74, 6) is -1.72. The Morgan fingerprint density at radius 1 is 1.12 bits per heavy atom. The Labute approximate surface area is 152 Å². The second-order valence-electron chi connectivity index (χ2n) is 6.85. The molecule has 25 heavy (non-hydrogen) atoms. The highest BCUT2D eigenvalue weighted by Gasteiger charge is 2.62. The van der Waals surface area contributed by atoms with Crippen molar-refractivity contribution < 1.29 is 14.5 Å². The number of amides is 2. The topological polar surface area (TPSA) is 80.5 Å². The Morgan fingerprint density at radius 3 is 2.16 bits per heavy atom. The van der Waals surface area contributed by atoms with E-state index < -0.39 is 16.8 Å². The molecule has 1 heterocycles. The van der Waals surface area contributed by atoms with Gasteiger partial charge in [0, 0.05) is 22.4 Å². The van der Waals surface area contributed by atoms with Crippen LogP contribution in [0.15, 0.2) is 46.0 Å². The van der Waals surface area contributed by atoms with E-state index in [1.165, 1.54) is 12.1 Å². The standard InChI is InChI=1S/C18H15BrN2O4/c1-8(2)14-10-4-5-11(14)16-15(10)17(22)20(18(16)23)12-6-3-9(19)7-13(12)21(24)25/h3-7,10-11,15-16H,1-2H3/t10-,11-,15-,16-/m1/s1. The number of rotatable bonds is 2. The fourth-order valence-corrected chi connectivity index (χ4v) is 4.85. The zero-order valence-electron chi connectivity index (χ0n) is 13.6. The Balaban J connectivity index is 1.81. The Morgan fingerprint density at radius 2 is 1.68 bits per heavy atom. The normalized spacial score (nSPS) is 29.6. The average Bonchev–Trinajstić information content (AvgIpc) is 3.18. The number of hydrogen-bond donors (Lipinski definition) is 0.